The number of carbonyl (C=O) groups is 4. The van der Waals surface area contributed by atoms with E-state index in [4.69, 9.17) is 14.2 Å². The molecule has 0 aromatic heterocycles. The molecule has 10 heteroatoms. The number of epoxide rings is 1. The molecular formula is C31H47N3O7. The summed E-state index contributed by atoms with van der Waals surface area (Å²) in [4.78, 5) is 53.0. The third-order valence-corrected chi connectivity index (χ3v) is 8.86. The van der Waals surface area contributed by atoms with Gasteiger partial charge in [-0.05, 0) is 70.1 Å². The van der Waals surface area contributed by atoms with Gasteiger partial charge in [0.25, 0.3) is 0 Å². The van der Waals surface area contributed by atoms with Crippen LogP contribution in [0.3, 0.4) is 0 Å². The molecule has 5 rings (SSSR count). The molecule has 2 aliphatic heterocycles. The molecule has 4 atom stereocenters. The number of allylic oxidation sites excluding steroid dienone is 1. The highest BCUT2D eigenvalue weighted by Gasteiger charge is 2.52. The molecule has 2 saturated heterocycles. The van der Waals surface area contributed by atoms with Gasteiger partial charge in [0.1, 0.15) is 23.4 Å². The second-order valence-corrected chi connectivity index (χ2v) is 12.3. The van der Waals surface area contributed by atoms with E-state index in [1.165, 1.54) is 0 Å². The summed E-state index contributed by atoms with van der Waals surface area (Å²) in [6, 6.07) is 4.69. The largest absolute Gasteiger partial charge is 0.497 e. The van der Waals surface area contributed by atoms with Crippen LogP contribution in [0.2, 0.25) is 0 Å². The molecule has 4 aliphatic rings. The highest BCUT2D eigenvalue weighted by Crippen LogP contribution is 2.50. The molecular weight excluding hydrogens is 526 g/mol. The van der Waals surface area contributed by atoms with Crippen LogP contribution >= 0.6 is 0 Å². The van der Waals surface area contributed by atoms with E-state index < -0.39 is 35.5 Å². The molecule has 2 heterocycles. The highest BCUT2D eigenvalue weighted by atomic mass is 16.6. The molecule has 0 bridgehead atoms. The molecule has 1 saturated carbocycles. The first-order valence-electron chi connectivity index (χ1n) is 14.6. The Labute approximate surface area is 245 Å². The van der Waals surface area contributed by atoms with E-state index >= 15 is 0 Å². The van der Waals surface area contributed by atoms with Crippen molar-refractivity contribution < 1.29 is 37.7 Å². The molecule has 1 aromatic rings. The van der Waals surface area contributed by atoms with Crippen molar-refractivity contribution in [2.75, 3.05) is 26.9 Å². The average molecular weight is 574 g/mol. The maximum absolute atomic E-state index is 13.7. The lowest BCUT2D eigenvalue weighted by Gasteiger charge is -2.52. The van der Waals surface area contributed by atoms with Crippen molar-refractivity contribution in [3.05, 3.63) is 41.5 Å². The van der Waals surface area contributed by atoms with Crippen LogP contribution in [-0.2, 0) is 35.1 Å². The molecule has 3 N–H and O–H groups in total. The Kier molecular flexibility index (Phi) is 8.52. The molecule has 1 spiro atoms. The Morgan fingerprint density at radius 2 is 1.68 bits per heavy atom. The normalized spacial score (nSPS) is 24.6. The van der Waals surface area contributed by atoms with Gasteiger partial charge in [-0.15, -0.1) is 0 Å². The zero-order valence-corrected chi connectivity index (χ0v) is 24.1. The number of benzene rings is 1. The zero-order chi connectivity index (χ0) is 29.2. The van der Waals surface area contributed by atoms with Crippen molar-refractivity contribution in [2.45, 2.75) is 82.5 Å². The van der Waals surface area contributed by atoms with Gasteiger partial charge >= 0.3 is 0 Å². The number of Topliss-reactive ketones (excluding diaryl/α,β-unsaturated/α-hetero) is 1. The van der Waals surface area contributed by atoms with E-state index in [0.29, 0.717) is 32.0 Å². The number of ether oxygens (including phenoxy) is 3. The fourth-order valence-corrected chi connectivity index (χ4v) is 5.98. The van der Waals surface area contributed by atoms with Crippen molar-refractivity contribution in [3.63, 3.8) is 0 Å². The van der Waals surface area contributed by atoms with Crippen LogP contribution in [0.1, 0.15) is 62.2 Å². The van der Waals surface area contributed by atoms with Crippen LogP contribution in [0.25, 0.3) is 0 Å². The molecule has 3 fully saturated rings. The number of amides is 3. The summed E-state index contributed by atoms with van der Waals surface area (Å²) in [5, 5.41) is 8.57. The first-order valence-corrected chi connectivity index (χ1v) is 14.6. The first-order chi connectivity index (χ1) is 19.6. The summed E-state index contributed by atoms with van der Waals surface area (Å²) in [5.74, 6) is -0.699. The topological polar surface area (TPSA) is 135 Å². The lowest BCUT2D eigenvalue weighted by atomic mass is 9.60. The second-order valence-electron chi connectivity index (χ2n) is 12.3. The lowest BCUT2D eigenvalue weighted by Crippen LogP contribution is -2.59. The van der Waals surface area contributed by atoms with Gasteiger partial charge in [-0.25, -0.2) is 0 Å². The Morgan fingerprint density at radius 1 is 1.00 bits per heavy atom. The molecule has 10 nitrogen and oxygen atoms in total. The van der Waals surface area contributed by atoms with Gasteiger partial charge in [-0.2, -0.15) is 0 Å². The maximum atomic E-state index is 13.7. The van der Waals surface area contributed by atoms with Crippen LogP contribution in [0.5, 0.6) is 5.75 Å². The Balaban J connectivity index is 0.00000225. The van der Waals surface area contributed by atoms with E-state index in [1.807, 2.05) is 12.1 Å². The van der Waals surface area contributed by atoms with E-state index in [9.17, 15) is 19.2 Å². The van der Waals surface area contributed by atoms with Crippen LogP contribution < -0.4 is 20.7 Å². The number of hydrogen-bond donors (Lipinski definition) is 3. The minimum Gasteiger partial charge on any atom is -0.497 e. The molecule has 0 unspecified atom stereocenters. The lowest BCUT2D eigenvalue weighted by molar-refractivity contribution is -0.184. The fourth-order valence-electron chi connectivity index (χ4n) is 5.98. The van der Waals surface area contributed by atoms with Gasteiger partial charge in [0.2, 0.25) is 17.7 Å². The summed E-state index contributed by atoms with van der Waals surface area (Å²) < 4.78 is 15.9. The molecule has 0 radical (unpaired) electrons. The van der Waals surface area contributed by atoms with Gasteiger partial charge in [0, 0.05) is 22.0 Å². The number of methoxy groups -OCH3 is 1. The van der Waals surface area contributed by atoms with Crippen molar-refractivity contribution in [3.8, 4) is 5.75 Å². The SMILES string of the molecule is COc1ccc(C[C@H](NC(=O)[C@@H](C)NC(=O)C2CC3(COC3)C2)C(=O)N[C@@H](CC2=CCCC2)C(=O)[C@@]2(C)CO2)cc1.[HH].[HH].[HH]. The van der Waals surface area contributed by atoms with Gasteiger partial charge < -0.3 is 30.2 Å². The molecule has 1 aromatic carbocycles. The van der Waals surface area contributed by atoms with Crippen LogP contribution in [-0.4, -0.2) is 74.2 Å². The minimum absolute atomic E-state index is 0. The maximum Gasteiger partial charge on any atom is 0.243 e. The highest BCUT2D eigenvalue weighted by molar-refractivity contribution is 5.98. The summed E-state index contributed by atoms with van der Waals surface area (Å²) in [7, 11) is 1.57. The Bertz CT molecular complexity index is 1210. The predicted octanol–water partition coefficient (Wildman–Crippen LogP) is 2.74. The molecule has 41 heavy (non-hydrogen) atoms. The Hall–Kier alpha value is -3.24. The smallest absolute Gasteiger partial charge is 0.243 e. The minimum atomic E-state index is -0.963. The third-order valence-electron chi connectivity index (χ3n) is 8.86. The van der Waals surface area contributed by atoms with Crippen LogP contribution in [0.4, 0.5) is 0 Å². The van der Waals surface area contributed by atoms with Gasteiger partial charge in [0.05, 0.1) is 33.0 Å². The van der Waals surface area contributed by atoms with Gasteiger partial charge in [-0.3, -0.25) is 19.2 Å². The Morgan fingerprint density at radius 3 is 2.24 bits per heavy atom. The van der Waals surface area contributed by atoms with Gasteiger partial charge in [-0.1, -0.05) is 23.8 Å². The van der Waals surface area contributed by atoms with E-state index in [1.54, 1.807) is 33.1 Å². The molecule has 228 valence electrons. The van der Waals surface area contributed by atoms with E-state index in [2.05, 4.69) is 22.0 Å². The van der Waals surface area contributed by atoms with Crippen LogP contribution in [0, 0.1) is 11.3 Å². The number of rotatable bonds is 13. The van der Waals surface area contributed by atoms with E-state index in [-0.39, 0.29) is 33.7 Å². The number of ketones is 1. The zero-order valence-electron chi connectivity index (χ0n) is 24.1. The average Bonchev–Trinajstić information content (AvgIpc) is 3.44. The standard InChI is InChI=1S/C31H41N3O7.3H2/c1-19(32-28(37)22-14-31(15-22)17-40-18-31)27(36)34-25(13-21-8-10-23(39-3)11-9-21)29(38)33-24(12-20-6-4-5-7-20)26(35)30(2)16-41-30;;;/h6,8-11,19,22,24-25H,4-5,7,12-18H2,1-3H3,(H,32,37)(H,33,38)(H,34,36);3*1H/t19-,24+,25+,30-;;;/m1.../s1. The number of nitrogens with one attached hydrogen (secondary N) is 3. The summed E-state index contributed by atoms with van der Waals surface area (Å²) in [6.07, 6.45) is 7.19. The quantitative estimate of drug-likeness (QED) is 0.244. The van der Waals surface area contributed by atoms with Crippen molar-refractivity contribution in [1.82, 2.24) is 16.0 Å². The molecule has 3 amide bonds. The van der Waals surface area contributed by atoms with Crippen molar-refractivity contribution >= 4 is 23.5 Å². The molecule has 2 aliphatic carbocycles. The van der Waals surface area contributed by atoms with Gasteiger partial charge in [0.15, 0.2) is 5.78 Å². The van der Waals surface area contributed by atoms with Crippen molar-refractivity contribution in [1.29, 1.82) is 0 Å². The number of hydrogen-bond acceptors (Lipinski definition) is 7. The fraction of sp³-hybridized carbons (Fsp3) is 0.613. The second kappa shape index (κ2) is 11.9. The third kappa shape index (κ3) is 6.81. The first kappa shape index (κ1) is 29.3. The van der Waals surface area contributed by atoms with E-state index in [0.717, 1.165) is 43.2 Å². The van der Waals surface area contributed by atoms with Crippen LogP contribution in [0.15, 0.2) is 35.9 Å². The monoisotopic (exact) mass is 573 g/mol. The van der Waals surface area contributed by atoms with Crippen molar-refractivity contribution in [2.24, 2.45) is 11.3 Å². The number of carbonyl (C=O) groups excluding carboxylic acids is 4. The summed E-state index contributed by atoms with van der Waals surface area (Å²) in [5.41, 5.74) is 1.20. The predicted molar refractivity (Wildman–Crippen MR) is 156 cm³/mol. The summed E-state index contributed by atoms with van der Waals surface area (Å²) >= 11 is 0. The summed E-state index contributed by atoms with van der Waals surface area (Å²) in [6.45, 7) is 5.07.